The summed E-state index contributed by atoms with van der Waals surface area (Å²) in [5.41, 5.74) is -2.57. The van der Waals surface area contributed by atoms with Gasteiger partial charge in [0.25, 0.3) is 0 Å². The fourth-order valence-corrected chi connectivity index (χ4v) is 4.92. The summed E-state index contributed by atoms with van der Waals surface area (Å²) in [7, 11) is 1.35. The van der Waals surface area contributed by atoms with Gasteiger partial charge in [-0.15, -0.1) is 0 Å². The molecule has 0 aromatic heterocycles. The number of methoxy groups -OCH3 is 1. The number of aliphatic hydroxyl groups is 7. The second kappa shape index (κ2) is 15.4. The number of amides is 1. The number of hydrogen-bond acceptors (Lipinski definition) is 13. The summed E-state index contributed by atoms with van der Waals surface area (Å²) in [5.74, 6) is -0.883. The van der Waals surface area contributed by atoms with Crippen molar-refractivity contribution in [1.82, 2.24) is 5.32 Å². The number of carbonyl (C=O) groups is 2. The van der Waals surface area contributed by atoms with Gasteiger partial charge in [-0.2, -0.15) is 0 Å². The maximum Gasteiger partial charge on any atom is 0.305 e. The Kier molecular flexibility index (Phi) is 13.2. The molecule has 0 spiro atoms. The van der Waals surface area contributed by atoms with E-state index in [0.29, 0.717) is 12.8 Å². The van der Waals surface area contributed by atoms with E-state index in [1.165, 1.54) is 7.11 Å². The van der Waals surface area contributed by atoms with E-state index in [-0.39, 0.29) is 12.6 Å². The molecule has 0 unspecified atom stereocenters. The van der Waals surface area contributed by atoms with Crippen LogP contribution in [0.25, 0.3) is 0 Å². The minimum Gasteiger partial charge on any atom is -0.469 e. The first kappa shape index (κ1) is 32.8. The molecule has 38 heavy (non-hydrogen) atoms. The van der Waals surface area contributed by atoms with Crippen LogP contribution in [-0.2, 0) is 28.5 Å². The maximum atomic E-state index is 12.0. The van der Waals surface area contributed by atoms with Gasteiger partial charge < -0.3 is 60.0 Å². The molecule has 14 heteroatoms. The summed E-state index contributed by atoms with van der Waals surface area (Å²) in [6.07, 6.45) is -8.37. The Bertz CT molecular complexity index is 740. The zero-order valence-electron chi connectivity index (χ0n) is 21.8. The van der Waals surface area contributed by atoms with Crippen molar-refractivity contribution >= 4 is 11.9 Å². The van der Waals surface area contributed by atoms with Crippen molar-refractivity contribution in [2.45, 2.75) is 113 Å². The molecule has 8 N–H and O–H groups in total. The van der Waals surface area contributed by atoms with Crippen LogP contribution in [-0.4, -0.2) is 135 Å². The van der Waals surface area contributed by atoms with Gasteiger partial charge in [0, 0.05) is 20.0 Å². The van der Waals surface area contributed by atoms with E-state index >= 15 is 0 Å². The lowest BCUT2D eigenvalue weighted by Gasteiger charge is -2.55. The van der Waals surface area contributed by atoms with Gasteiger partial charge >= 0.3 is 5.97 Å². The van der Waals surface area contributed by atoms with E-state index in [4.69, 9.17) is 14.2 Å². The molecule has 2 aliphatic rings. The topological polar surface area (TPSA) is 225 Å². The Hall–Kier alpha value is -1.46. The minimum absolute atomic E-state index is 0.127. The molecular weight excluding hydrogens is 510 g/mol. The van der Waals surface area contributed by atoms with Gasteiger partial charge in [0.15, 0.2) is 6.29 Å². The van der Waals surface area contributed by atoms with Crippen LogP contribution in [0.1, 0.15) is 51.9 Å². The standard InChI is InChI=1S/C24H43NO13/c1-13(28)25-20-23(36-10-8-6-4-3-5-7-9-16(29)35-2)38-15(12-27)21(33)24(20,34)22-19(32)18(31)17(30)14(11-26)37-22/h14-15,17-23,26-27,30-34H,3-12H2,1-2H3,(H,25,28)/t14-,15-,17+,18+,19-,20-,21+,22-,23+,24-/m1/s1. The molecule has 0 aliphatic carbocycles. The van der Waals surface area contributed by atoms with Crippen molar-refractivity contribution in [3.05, 3.63) is 0 Å². The molecule has 0 saturated carbocycles. The lowest BCUT2D eigenvalue weighted by atomic mass is 9.73. The summed E-state index contributed by atoms with van der Waals surface area (Å²) in [6, 6.07) is -1.53. The Labute approximate surface area is 221 Å². The fraction of sp³-hybridized carbons (Fsp3) is 0.917. The first-order valence-corrected chi connectivity index (χ1v) is 13.0. The summed E-state index contributed by atoms with van der Waals surface area (Å²) in [5, 5.41) is 75.6. The maximum absolute atomic E-state index is 12.0. The molecule has 10 atom stereocenters. The predicted molar refractivity (Wildman–Crippen MR) is 128 cm³/mol. The van der Waals surface area contributed by atoms with Crippen LogP contribution in [0.2, 0.25) is 0 Å². The van der Waals surface area contributed by atoms with Crippen LogP contribution in [0, 0.1) is 0 Å². The molecule has 2 heterocycles. The first-order valence-electron chi connectivity index (χ1n) is 13.0. The van der Waals surface area contributed by atoms with Gasteiger partial charge in [-0.3, -0.25) is 9.59 Å². The molecule has 1 amide bonds. The second-order valence-electron chi connectivity index (χ2n) is 9.80. The largest absolute Gasteiger partial charge is 0.469 e. The predicted octanol–water partition coefficient (Wildman–Crippen LogP) is -2.94. The number of nitrogens with one attached hydrogen (secondary N) is 1. The Morgan fingerprint density at radius 2 is 1.47 bits per heavy atom. The van der Waals surface area contributed by atoms with Gasteiger partial charge in [-0.1, -0.05) is 25.7 Å². The zero-order valence-corrected chi connectivity index (χ0v) is 21.8. The average molecular weight is 554 g/mol. The van der Waals surface area contributed by atoms with Crippen LogP contribution in [0.15, 0.2) is 0 Å². The normalized spacial score (nSPS) is 37.6. The third-order valence-electron chi connectivity index (χ3n) is 7.08. The number of hydrogen-bond donors (Lipinski definition) is 8. The lowest BCUT2D eigenvalue weighted by molar-refractivity contribution is -0.349. The van der Waals surface area contributed by atoms with E-state index in [1.807, 2.05) is 0 Å². The molecule has 0 aromatic carbocycles. The summed E-state index contributed by atoms with van der Waals surface area (Å²) in [4.78, 5) is 23.2. The van der Waals surface area contributed by atoms with Crippen molar-refractivity contribution in [1.29, 1.82) is 0 Å². The smallest absolute Gasteiger partial charge is 0.305 e. The monoisotopic (exact) mass is 553 g/mol. The molecule has 2 saturated heterocycles. The third-order valence-corrected chi connectivity index (χ3v) is 7.08. The highest BCUT2D eigenvalue weighted by molar-refractivity contribution is 5.73. The molecule has 0 radical (unpaired) electrons. The number of aliphatic hydroxyl groups excluding tert-OH is 6. The highest BCUT2D eigenvalue weighted by Gasteiger charge is 2.65. The van der Waals surface area contributed by atoms with E-state index in [9.17, 15) is 45.3 Å². The van der Waals surface area contributed by atoms with Crippen molar-refractivity contribution in [3.8, 4) is 0 Å². The number of esters is 1. The average Bonchev–Trinajstić information content (AvgIpc) is 2.89. The highest BCUT2D eigenvalue weighted by atomic mass is 16.7. The molecule has 222 valence electrons. The molecule has 0 aromatic rings. The van der Waals surface area contributed by atoms with Crippen LogP contribution in [0.3, 0.4) is 0 Å². The van der Waals surface area contributed by atoms with Gasteiger partial charge in [0.05, 0.1) is 20.3 Å². The fourth-order valence-electron chi connectivity index (χ4n) is 4.92. The van der Waals surface area contributed by atoms with Gasteiger partial charge in [-0.05, 0) is 12.8 Å². The third kappa shape index (κ3) is 7.81. The zero-order chi connectivity index (χ0) is 28.5. The molecule has 0 bridgehead atoms. The highest BCUT2D eigenvalue weighted by Crippen LogP contribution is 2.39. The summed E-state index contributed by atoms with van der Waals surface area (Å²) in [6.45, 7) is -0.266. The van der Waals surface area contributed by atoms with Gasteiger partial charge in [-0.25, -0.2) is 0 Å². The first-order chi connectivity index (χ1) is 18.0. The van der Waals surface area contributed by atoms with Crippen LogP contribution in [0.5, 0.6) is 0 Å². The van der Waals surface area contributed by atoms with Gasteiger partial charge in [0.2, 0.25) is 5.91 Å². The Morgan fingerprint density at radius 3 is 2.05 bits per heavy atom. The number of rotatable bonds is 14. The van der Waals surface area contributed by atoms with E-state index in [1.54, 1.807) is 0 Å². The van der Waals surface area contributed by atoms with Crippen LogP contribution < -0.4 is 5.32 Å². The lowest BCUT2D eigenvalue weighted by Crippen LogP contribution is -2.80. The number of carbonyl (C=O) groups excluding carboxylic acids is 2. The quantitative estimate of drug-likeness (QED) is 0.0797. The Balaban J connectivity index is 2.10. The van der Waals surface area contributed by atoms with E-state index in [0.717, 1.165) is 39.0 Å². The second-order valence-corrected chi connectivity index (χ2v) is 9.80. The Morgan fingerprint density at radius 1 is 0.868 bits per heavy atom. The van der Waals surface area contributed by atoms with Crippen LogP contribution in [0.4, 0.5) is 0 Å². The van der Waals surface area contributed by atoms with Crippen molar-refractivity contribution in [3.63, 3.8) is 0 Å². The molecular formula is C24H43NO13. The van der Waals surface area contributed by atoms with Crippen molar-refractivity contribution < 1.29 is 64.3 Å². The van der Waals surface area contributed by atoms with Gasteiger partial charge in [0.1, 0.15) is 54.4 Å². The minimum atomic E-state index is -2.57. The summed E-state index contributed by atoms with van der Waals surface area (Å²) < 4.78 is 21.6. The number of ether oxygens (including phenoxy) is 4. The van der Waals surface area contributed by atoms with Crippen molar-refractivity contribution in [2.24, 2.45) is 0 Å². The van der Waals surface area contributed by atoms with E-state index < -0.39 is 79.8 Å². The number of unbranched alkanes of at least 4 members (excludes halogenated alkanes) is 5. The summed E-state index contributed by atoms with van der Waals surface area (Å²) >= 11 is 0. The molecule has 2 fully saturated rings. The molecule has 2 rings (SSSR count). The van der Waals surface area contributed by atoms with E-state index in [2.05, 4.69) is 10.1 Å². The van der Waals surface area contributed by atoms with Crippen LogP contribution >= 0.6 is 0 Å². The molecule has 2 aliphatic heterocycles. The molecule has 14 nitrogen and oxygen atoms in total. The van der Waals surface area contributed by atoms with Crippen molar-refractivity contribution in [2.75, 3.05) is 26.9 Å². The SMILES string of the molecule is COC(=O)CCCCCCCCO[C@H]1O[C@H](CO)[C@H](O)[C@@](O)([C@@H]2O[C@H](CO)[C@H](O)[C@H](O)[C@H]2O)[C@@H]1NC(C)=O.